The van der Waals surface area contributed by atoms with Crippen molar-refractivity contribution in [1.82, 2.24) is 15.4 Å². The van der Waals surface area contributed by atoms with Crippen LogP contribution < -0.4 is 5.32 Å². The average Bonchev–Trinajstić information content (AvgIpc) is 3.28. The van der Waals surface area contributed by atoms with Crippen LogP contribution in [0.5, 0.6) is 0 Å². The molecule has 7 nitrogen and oxygen atoms in total. The Bertz CT molecular complexity index is 803. The van der Waals surface area contributed by atoms with E-state index in [1.165, 1.54) is 6.92 Å². The molecule has 0 radical (unpaired) electrons. The van der Waals surface area contributed by atoms with Crippen LogP contribution in [0.3, 0.4) is 0 Å². The summed E-state index contributed by atoms with van der Waals surface area (Å²) < 4.78 is 5.49. The minimum absolute atomic E-state index is 0.137. The Balaban J connectivity index is 1.87. The van der Waals surface area contributed by atoms with Gasteiger partial charge in [-0.3, -0.25) is 9.59 Å². The van der Waals surface area contributed by atoms with Gasteiger partial charge < -0.3 is 19.8 Å². The number of carbonyl (C=O) groups excluding carboxylic acids is 2. The fraction of sp³-hybridized carbons (Fsp3) is 0.450. The third-order valence-corrected chi connectivity index (χ3v) is 4.94. The third kappa shape index (κ3) is 4.03. The molecule has 1 fully saturated rings. The number of hydrogen-bond acceptors (Lipinski definition) is 5. The number of hydrogen-bond donors (Lipinski definition) is 2. The second kappa shape index (κ2) is 7.92. The van der Waals surface area contributed by atoms with Gasteiger partial charge in [0, 0.05) is 38.1 Å². The van der Waals surface area contributed by atoms with Gasteiger partial charge in [-0.2, -0.15) is 0 Å². The summed E-state index contributed by atoms with van der Waals surface area (Å²) in [5.74, 6) is 0.130. The molecule has 1 aliphatic heterocycles. The van der Waals surface area contributed by atoms with Crippen LogP contribution in [0.15, 0.2) is 40.9 Å². The molecule has 2 heterocycles. The van der Waals surface area contributed by atoms with Crippen molar-refractivity contribution >= 4 is 11.8 Å². The lowest BCUT2D eigenvalue weighted by molar-refractivity contribution is -0.144. The molecule has 2 atom stereocenters. The number of nitrogens with one attached hydrogen (secondary N) is 1. The molecule has 0 bridgehead atoms. The first-order chi connectivity index (χ1) is 12.9. The molecular formula is C20H25N3O4. The van der Waals surface area contributed by atoms with E-state index in [0.29, 0.717) is 24.4 Å². The van der Waals surface area contributed by atoms with Crippen molar-refractivity contribution in [1.29, 1.82) is 0 Å². The van der Waals surface area contributed by atoms with Crippen LogP contribution in [-0.2, 0) is 16.0 Å². The van der Waals surface area contributed by atoms with E-state index < -0.39 is 11.6 Å². The maximum Gasteiger partial charge on any atom is 0.246 e. The van der Waals surface area contributed by atoms with Crippen LogP contribution in [0.25, 0.3) is 11.3 Å². The van der Waals surface area contributed by atoms with Crippen molar-refractivity contribution in [2.45, 2.75) is 44.8 Å². The lowest BCUT2D eigenvalue weighted by atomic mass is 9.89. The molecule has 27 heavy (non-hydrogen) atoms. The van der Waals surface area contributed by atoms with Gasteiger partial charge in [0.25, 0.3) is 0 Å². The number of amides is 2. The first kappa shape index (κ1) is 19.1. The molecule has 0 saturated carbocycles. The normalized spacial score (nSPS) is 20.5. The number of carbonyl (C=O) groups is 2. The largest absolute Gasteiger partial charge is 0.392 e. The topological polar surface area (TPSA) is 95.7 Å². The van der Waals surface area contributed by atoms with E-state index in [-0.39, 0.29) is 24.8 Å². The number of aliphatic hydroxyl groups is 1. The smallest absolute Gasteiger partial charge is 0.246 e. The quantitative estimate of drug-likeness (QED) is 0.807. The minimum atomic E-state index is -1.02. The van der Waals surface area contributed by atoms with E-state index in [1.54, 1.807) is 11.8 Å². The van der Waals surface area contributed by atoms with E-state index in [2.05, 4.69) is 10.5 Å². The summed E-state index contributed by atoms with van der Waals surface area (Å²) in [6, 6.07) is 11.4. The molecule has 1 aromatic heterocycles. The molecule has 1 saturated heterocycles. The molecule has 0 unspecified atom stereocenters. The zero-order chi connectivity index (χ0) is 19.4. The van der Waals surface area contributed by atoms with Crippen molar-refractivity contribution in [3.8, 4) is 11.3 Å². The first-order valence-electron chi connectivity index (χ1n) is 9.18. The molecule has 0 spiro atoms. The van der Waals surface area contributed by atoms with Crippen molar-refractivity contribution in [2.24, 2.45) is 0 Å². The molecule has 1 aliphatic rings. The van der Waals surface area contributed by atoms with Gasteiger partial charge in [-0.15, -0.1) is 0 Å². The SMILES string of the molecule is CC(=O)N1CCC[C@@]1(Cc1cc(-c2ccccc2)no1)C(=O)NC[C@@H](C)O. The third-order valence-electron chi connectivity index (χ3n) is 4.94. The Hall–Kier alpha value is -2.67. The highest BCUT2D eigenvalue weighted by Gasteiger charge is 2.49. The predicted molar refractivity (Wildman–Crippen MR) is 99.7 cm³/mol. The van der Waals surface area contributed by atoms with Crippen LogP contribution >= 0.6 is 0 Å². The summed E-state index contributed by atoms with van der Waals surface area (Å²) in [6.45, 7) is 3.74. The minimum Gasteiger partial charge on any atom is -0.392 e. The highest BCUT2D eigenvalue weighted by Crippen LogP contribution is 2.34. The van der Waals surface area contributed by atoms with E-state index in [4.69, 9.17) is 4.52 Å². The van der Waals surface area contributed by atoms with E-state index in [9.17, 15) is 14.7 Å². The Morgan fingerprint density at radius 3 is 2.78 bits per heavy atom. The Kier molecular flexibility index (Phi) is 5.60. The monoisotopic (exact) mass is 371 g/mol. The predicted octanol–water partition coefficient (Wildman–Crippen LogP) is 1.76. The van der Waals surface area contributed by atoms with Crippen molar-refractivity contribution in [3.63, 3.8) is 0 Å². The summed E-state index contributed by atoms with van der Waals surface area (Å²) in [7, 11) is 0. The summed E-state index contributed by atoms with van der Waals surface area (Å²) in [5, 5.41) is 16.4. The van der Waals surface area contributed by atoms with E-state index in [1.807, 2.05) is 36.4 Å². The zero-order valence-electron chi connectivity index (χ0n) is 15.6. The van der Waals surface area contributed by atoms with Gasteiger partial charge in [0.1, 0.15) is 17.0 Å². The molecule has 144 valence electrons. The van der Waals surface area contributed by atoms with Crippen LogP contribution in [-0.4, -0.2) is 51.7 Å². The Labute approximate surface area is 158 Å². The molecule has 2 aromatic rings. The number of benzene rings is 1. The Morgan fingerprint density at radius 1 is 1.37 bits per heavy atom. The van der Waals surface area contributed by atoms with Crippen molar-refractivity contribution < 1.29 is 19.2 Å². The highest BCUT2D eigenvalue weighted by atomic mass is 16.5. The van der Waals surface area contributed by atoms with Gasteiger partial charge >= 0.3 is 0 Å². The summed E-state index contributed by atoms with van der Waals surface area (Å²) in [5.41, 5.74) is 0.598. The maximum absolute atomic E-state index is 13.0. The second-order valence-corrected chi connectivity index (χ2v) is 7.09. The lowest BCUT2D eigenvalue weighted by Crippen LogP contribution is -2.59. The number of aromatic nitrogens is 1. The van der Waals surface area contributed by atoms with Gasteiger partial charge in [0.2, 0.25) is 11.8 Å². The average molecular weight is 371 g/mol. The fourth-order valence-electron chi connectivity index (χ4n) is 3.67. The van der Waals surface area contributed by atoms with Crippen molar-refractivity contribution in [2.75, 3.05) is 13.1 Å². The van der Waals surface area contributed by atoms with E-state index in [0.717, 1.165) is 12.0 Å². The number of rotatable bonds is 6. The van der Waals surface area contributed by atoms with Gasteiger partial charge in [-0.1, -0.05) is 35.5 Å². The van der Waals surface area contributed by atoms with Gasteiger partial charge in [0.05, 0.1) is 6.10 Å². The molecular weight excluding hydrogens is 346 g/mol. The summed E-state index contributed by atoms with van der Waals surface area (Å²) in [6.07, 6.45) is 0.868. The molecule has 1 aromatic carbocycles. The highest BCUT2D eigenvalue weighted by molar-refractivity contribution is 5.91. The fourth-order valence-corrected chi connectivity index (χ4v) is 3.67. The number of nitrogens with zero attached hydrogens (tertiary/aromatic N) is 2. The number of aliphatic hydroxyl groups excluding tert-OH is 1. The van der Waals surface area contributed by atoms with Crippen molar-refractivity contribution in [3.05, 3.63) is 42.2 Å². The molecule has 7 heteroatoms. The van der Waals surface area contributed by atoms with Crippen LogP contribution in [0.1, 0.15) is 32.4 Å². The van der Waals surface area contributed by atoms with Gasteiger partial charge in [-0.05, 0) is 19.8 Å². The standard InChI is InChI=1S/C20H25N3O4/c1-14(24)13-21-19(26)20(9-6-10-23(20)15(2)25)12-17-11-18(22-27-17)16-7-4-3-5-8-16/h3-5,7-8,11,14,24H,6,9-10,12-13H2,1-2H3,(H,21,26)/t14-,20-/m1/s1. The Morgan fingerprint density at radius 2 is 2.11 bits per heavy atom. The van der Waals surface area contributed by atoms with Crippen LogP contribution in [0.4, 0.5) is 0 Å². The van der Waals surface area contributed by atoms with E-state index >= 15 is 0 Å². The lowest BCUT2D eigenvalue weighted by Gasteiger charge is -2.36. The van der Waals surface area contributed by atoms with Gasteiger partial charge in [-0.25, -0.2) is 0 Å². The second-order valence-electron chi connectivity index (χ2n) is 7.09. The molecule has 2 amide bonds. The zero-order valence-corrected chi connectivity index (χ0v) is 15.6. The molecule has 3 rings (SSSR count). The summed E-state index contributed by atoms with van der Waals surface area (Å²) in [4.78, 5) is 26.8. The molecule has 2 N–H and O–H groups in total. The first-order valence-corrected chi connectivity index (χ1v) is 9.18. The van der Waals surface area contributed by atoms with Crippen LogP contribution in [0.2, 0.25) is 0 Å². The maximum atomic E-state index is 13.0. The van der Waals surface area contributed by atoms with Crippen LogP contribution in [0, 0.1) is 0 Å². The number of likely N-dealkylation sites (tertiary alicyclic amines) is 1. The summed E-state index contributed by atoms with van der Waals surface area (Å²) >= 11 is 0. The van der Waals surface area contributed by atoms with Gasteiger partial charge in [0.15, 0.2) is 0 Å². The molecule has 0 aliphatic carbocycles.